The van der Waals surface area contributed by atoms with Gasteiger partial charge in [-0.1, -0.05) is 42.5 Å². The van der Waals surface area contributed by atoms with Crippen LogP contribution in [0.5, 0.6) is 0 Å². The second kappa shape index (κ2) is 9.27. The van der Waals surface area contributed by atoms with Crippen LogP contribution < -0.4 is 16.2 Å². The summed E-state index contributed by atoms with van der Waals surface area (Å²) >= 11 is 1.29. The van der Waals surface area contributed by atoms with Crippen molar-refractivity contribution in [3.8, 4) is 0 Å². The molecule has 1 unspecified atom stereocenters. The summed E-state index contributed by atoms with van der Waals surface area (Å²) in [6, 6.07) is 18.9. The number of rotatable bonds is 6. The minimum Gasteiger partial charge on any atom is -0.361 e. The lowest BCUT2D eigenvalue weighted by atomic mass is 10.0. The number of hydrogen-bond donors (Lipinski definition) is 4. The Morgan fingerprint density at radius 2 is 1.65 bits per heavy atom. The van der Waals surface area contributed by atoms with E-state index in [1.165, 1.54) is 11.3 Å². The molecular weight excluding hydrogens is 412 g/mol. The Morgan fingerprint density at radius 1 is 0.871 bits per heavy atom. The number of nitrogens with one attached hydrogen (secondary N) is 4. The third-order valence-electron chi connectivity index (χ3n) is 4.80. The van der Waals surface area contributed by atoms with Gasteiger partial charge < -0.3 is 10.3 Å². The number of carbonyl (C=O) groups is 3. The summed E-state index contributed by atoms with van der Waals surface area (Å²) in [5, 5.41) is 5.55. The van der Waals surface area contributed by atoms with Crippen LogP contribution in [0.4, 0.5) is 0 Å². The van der Waals surface area contributed by atoms with Crippen LogP contribution in [0.15, 0.2) is 78.3 Å². The van der Waals surface area contributed by atoms with Crippen molar-refractivity contribution in [2.75, 3.05) is 0 Å². The second-order valence-corrected chi connectivity index (χ2v) is 7.82. The molecule has 0 bridgehead atoms. The first-order valence-corrected chi connectivity index (χ1v) is 10.5. The Balaban J connectivity index is 1.50. The maximum Gasteiger partial charge on any atom is 0.269 e. The molecule has 0 aliphatic carbocycles. The van der Waals surface area contributed by atoms with Gasteiger partial charge in [-0.25, -0.2) is 0 Å². The quantitative estimate of drug-likeness (QED) is 0.352. The van der Waals surface area contributed by atoms with Gasteiger partial charge in [0.05, 0.1) is 4.88 Å². The molecule has 156 valence electrons. The molecule has 0 fully saturated rings. The predicted molar refractivity (Wildman–Crippen MR) is 120 cm³/mol. The Kier molecular flexibility index (Phi) is 6.09. The van der Waals surface area contributed by atoms with Crippen LogP contribution in [0, 0.1) is 0 Å². The molecule has 1 atom stereocenters. The Morgan fingerprint density at radius 3 is 2.42 bits per heavy atom. The largest absolute Gasteiger partial charge is 0.361 e. The van der Waals surface area contributed by atoms with Crippen molar-refractivity contribution in [1.82, 2.24) is 21.2 Å². The summed E-state index contributed by atoms with van der Waals surface area (Å²) in [4.78, 5) is 41.4. The van der Waals surface area contributed by atoms with Gasteiger partial charge in [0.2, 0.25) is 0 Å². The molecular formula is C23H20N4O3S. The summed E-state index contributed by atoms with van der Waals surface area (Å²) in [5.74, 6) is -1.30. The average Bonchev–Trinajstić information content (AvgIpc) is 3.48. The number of amides is 3. The highest BCUT2D eigenvalue weighted by Gasteiger charge is 2.24. The van der Waals surface area contributed by atoms with Crippen molar-refractivity contribution in [1.29, 1.82) is 0 Å². The van der Waals surface area contributed by atoms with E-state index in [9.17, 15) is 14.4 Å². The van der Waals surface area contributed by atoms with Crippen LogP contribution in [0.1, 0.15) is 25.6 Å². The van der Waals surface area contributed by atoms with E-state index < -0.39 is 17.9 Å². The zero-order valence-electron chi connectivity index (χ0n) is 16.4. The van der Waals surface area contributed by atoms with E-state index in [1.807, 2.05) is 30.5 Å². The lowest BCUT2D eigenvalue weighted by Gasteiger charge is -2.18. The SMILES string of the molecule is O=C(NNC(=O)C(Cc1c[nH]c2ccccc12)NC(=O)c1cccs1)c1ccccc1. The lowest BCUT2D eigenvalue weighted by molar-refractivity contribution is -0.123. The van der Waals surface area contributed by atoms with E-state index in [0.717, 1.165) is 16.5 Å². The van der Waals surface area contributed by atoms with Crippen LogP contribution in [-0.4, -0.2) is 28.7 Å². The topological polar surface area (TPSA) is 103 Å². The van der Waals surface area contributed by atoms with Gasteiger partial charge in [0.15, 0.2) is 0 Å². The fourth-order valence-electron chi connectivity index (χ4n) is 3.23. The van der Waals surface area contributed by atoms with Crippen molar-refractivity contribution in [3.63, 3.8) is 0 Å². The van der Waals surface area contributed by atoms with Gasteiger partial charge in [-0.05, 0) is 35.2 Å². The lowest BCUT2D eigenvalue weighted by Crippen LogP contribution is -2.53. The number of para-hydroxylation sites is 1. The third-order valence-corrected chi connectivity index (χ3v) is 5.67. The molecule has 0 spiro atoms. The Bertz CT molecular complexity index is 1200. The first kappa shape index (κ1) is 20.4. The number of fused-ring (bicyclic) bond motifs is 1. The molecule has 3 amide bonds. The van der Waals surface area contributed by atoms with Crippen LogP contribution in [0.3, 0.4) is 0 Å². The number of benzene rings is 2. The molecule has 2 aromatic carbocycles. The van der Waals surface area contributed by atoms with Gasteiger partial charge in [-0.2, -0.15) is 0 Å². The van der Waals surface area contributed by atoms with Gasteiger partial charge in [-0.3, -0.25) is 25.2 Å². The van der Waals surface area contributed by atoms with E-state index in [1.54, 1.807) is 47.8 Å². The molecule has 7 nitrogen and oxygen atoms in total. The molecule has 8 heteroatoms. The van der Waals surface area contributed by atoms with Gasteiger partial charge in [0, 0.05) is 29.1 Å². The van der Waals surface area contributed by atoms with Gasteiger partial charge in [-0.15, -0.1) is 11.3 Å². The van der Waals surface area contributed by atoms with Crippen molar-refractivity contribution in [2.24, 2.45) is 0 Å². The fraction of sp³-hybridized carbons (Fsp3) is 0.0870. The molecule has 0 aliphatic heterocycles. The van der Waals surface area contributed by atoms with Crippen LogP contribution >= 0.6 is 11.3 Å². The number of H-pyrrole nitrogens is 1. The maximum absolute atomic E-state index is 12.9. The molecule has 4 N–H and O–H groups in total. The second-order valence-electron chi connectivity index (χ2n) is 6.88. The predicted octanol–water partition coefficient (Wildman–Crippen LogP) is 3.03. The maximum atomic E-state index is 12.9. The van der Waals surface area contributed by atoms with Gasteiger partial charge >= 0.3 is 0 Å². The highest BCUT2D eigenvalue weighted by Crippen LogP contribution is 2.19. The van der Waals surface area contributed by atoms with Crippen molar-refractivity contribution < 1.29 is 14.4 Å². The molecule has 4 aromatic rings. The van der Waals surface area contributed by atoms with E-state index >= 15 is 0 Å². The number of carbonyl (C=O) groups excluding carboxylic acids is 3. The van der Waals surface area contributed by atoms with E-state index in [0.29, 0.717) is 10.4 Å². The molecule has 31 heavy (non-hydrogen) atoms. The van der Waals surface area contributed by atoms with Gasteiger partial charge in [0.1, 0.15) is 6.04 Å². The molecule has 0 saturated heterocycles. The molecule has 0 saturated carbocycles. The van der Waals surface area contributed by atoms with E-state index in [4.69, 9.17) is 0 Å². The van der Waals surface area contributed by atoms with Crippen LogP contribution in [-0.2, 0) is 11.2 Å². The number of thiophene rings is 1. The van der Waals surface area contributed by atoms with Gasteiger partial charge in [0.25, 0.3) is 17.7 Å². The molecule has 2 heterocycles. The standard InChI is InChI=1S/C23H20N4O3S/c28-21(15-7-2-1-3-8-15)26-27-22(29)19(25-23(30)20-11-6-12-31-20)13-16-14-24-18-10-5-4-9-17(16)18/h1-12,14,19,24H,13H2,(H,25,30)(H,26,28)(H,27,29). The number of aromatic nitrogens is 1. The van der Waals surface area contributed by atoms with Crippen LogP contribution in [0.25, 0.3) is 10.9 Å². The van der Waals surface area contributed by atoms with Crippen molar-refractivity contribution in [3.05, 3.63) is 94.3 Å². The summed E-state index contributed by atoms with van der Waals surface area (Å²) in [7, 11) is 0. The minimum absolute atomic E-state index is 0.258. The Hall–Kier alpha value is -3.91. The van der Waals surface area contributed by atoms with Crippen molar-refractivity contribution in [2.45, 2.75) is 12.5 Å². The summed E-state index contributed by atoms with van der Waals surface area (Å²) in [6.07, 6.45) is 2.08. The molecule has 4 rings (SSSR count). The molecule has 0 aliphatic rings. The zero-order valence-corrected chi connectivity index (χ0v) is 17.2. The number of hydrogen-bond acceptors (Lipinski definition) is 4. The molecule has 0 radical (unpaired) electrons. The Labute approximate surface area is 182 Å². The monoisotopic (exact) mass is 432 g/mol. The van der Waals surface area contributed by atoms with E-state index in [2.05, 4.69) is 21.2 Å². The number of hydrazine groups is 1. The normalized spacial score (nSPS) is 11.6. The highest BCUT2D eigenvalue weighted by molar-refractivity contribution is 7.12. The zero-order chi connectivity index (χ0) is 21.6. The number of aromatic amines is 1. The fourth-order valence-corrected chi connectivity index (χ4v) is 3.86. The first-order chi connectivity index (χ1) is 15.1. The minimum atomic E-state index is -0.884. The van der Waals surface area contributed by atoms with E-state index in [-0.39, 0.29) is 12.3 Å². The third kappa shape index (κ3) is 4.81. The van der Waals surface area contributed by atoms with Crippen molar-refractivity contribution >= 4 is 40.0 Å². The summed E-state index contributed by atoms with van der Waals surface area (Å²) in [6.45, 7) is 0. The van der Waals surface area contributed by atoms with Crippen LogP contribution in [0.2, 0.25) is 0 Å². The average molecular weight is 433 g/mol. The summed E-state index contributed by atoms with van der Waals surface area (Å²) in [5.41, 5.74) is 7.09. The smallest absolute Gasteiger partial charge is 0.269 e. The summed E-state index contributed by atoms with van der Waals surface area (Å²) < 4.78 is 0. The molecule has 2 aromatic heterocycles. The first-order valence-electron chi connectivity index (χ1n) is 9.66. The highest BCUT2D eigenvalue weighted by atomic mass is 32.1.